The van der Waals surface area contributed by atoms with Crippen LogP contribution in [0.4, 0.5) is 0 Å². The molecule has 0 bridgehead atoms. The van der Waals surface area contributed by atoms with E-state index in [-0.39, 0.29) is 6.10 Å². The summed E-state index contributed by atoms with van der Waals surface area (Å²) in [6.07, 6.45) is 3.86. The van der Waals surface area contributed by atoms with Crippen molar-refractivity contribution in [1.29, 1.82) is 0 Å². The molecule has 2 aromatic heterocycles. The lowest BCUT2D eigenvalue weighted by Crippen LogP contribution is -2.17. The highest BCUT2D eigenvalue weighted by atomic mass is 32.2. The van der Waals surface area contributed by atoms with Gasteiger partial charge in [-0.1, -0.05) is 0 Å². The van der Waals surface area contributed by atoms with Crippen molar-refractivity contribution >= 4 is 23.1 Å². The molecular formula is C25H26N2O3S2. The Balaban J connectivity index is 1.65. The molecule has 0 radical (unpaired) electrons. The van der Waals surface area contributed by atoms with Gasteiger partial charge < -0.3 is 19.2 Å². The van der Waals surface area contributed by atoms with E-state index in [1.54, 1.807) is 30.2 Å². The van der Waals surface area contributed by atoms with Gasteiger partial charge in [0, 0.05) is 40.4 Å². The molecule has 1 N–H and O–H groups in total. The SMILES string of the molecule is COCC(C)Oc1cc(Oc2ccc(SC)cc2)cc(-c2ccc(-c3ncc(C)s3)[nH]2)c1. The van der Waals surface area contributed by atoms with Gasteiger partial charge in [0.25, 0.3) is 0 Å². The zero-order valence-corrected chi connectivity index (χ0v) is 20.2. The molecule has 1 unspecified atom stereocenters. The molecule has 0 saturated carbocycles. The van der Waals surface area contributed by atoms with E-state index in [0.717, 1.165) is 33.5 Å². The van der Waals surface area contributed by atoms with Crippen LogP contribution in [0.25, 0.3) is 22.0 Å². The summed E-state index contributed by atoms with van der Waals surface area (Å²) in [5, 5.41) is 0.972. The fourth-order valence-corrected chi connectivity index (χ4v) is 4.46. The number of benzene rings is 2. The lowest BCUT2D eigenvalue weighted by Gasteiger charge is -2.16. The Hall–Kier alpha value is -2.74. The molecule has 4 aromatic rings. The number of aromatic nitrogens is 2. The summed E-state index contributed by atoms with van der Waals surface area (Å²) in [4.78, 5) is 10.3. The Bertz CT molecular complexity index is 1170. The number of nitrogens with one attached hydrogen (secondary N) is 1. The molecule has 5 nitrogen and oxygen atoms in total. The molecule has 4 rings (SSSR count). The number of thiazole rings is 1. The van der Waals surface area contributed by atoms with Crippen LogP contribution in [0.15, 0.2) is 65.7 Å². The van der Waals surface area contributed by atoms with Gasteiger partial charge >= 0.3 is 0 Å². The number of methoxy groups -OCH3 is 1. The number of H-pyrrole nitrogens is 1. The molecule has 1 atom stereocenters. The summed E-state index contributed by atoms with van der Waals surface area (Å²) in [6.45, 7) is 4.55. The first kappa shape index (κ1) is 22.5. The normalized spacial score (nSPS) is 12.0. The molecule has 166 valence electrons. The minimum atomic E-state index is -0.0820. The summed E-state index contributed by atoms with van der Waals surface area (Å²) in [7, 11) is 1.67. The molecule has 0 fully saturated rings. The third kappa shape index (κ3) is 5.54. The number of hydrogen-bond acceptors (Lipinski definition) is 6. The largest absolute Gasteiger partial charge is 0.488 e. The molecule has 7 heteroatoms. The van der Waals surface area contributed by atoms with Gasteiger partial charge in [0.1, 0.15) is 28.4 Å². The maximum Gasteiger partial charge on any atom is 0.139 e. The van der Waals surface area contributed by atoms with Gasteiger partial charge in [0.2, 0.25) is 0 Å². The highest BCUT2D eigenvalue weighted by molar-refractivity contribution is 7.98. The van der Waals surface area contributed by atoms with Crippen molar-refractivity contribution in [2.75, 3.05) is 20.0 Å². The summed E-state index contributed by atoms with van der Waals surface area (Å²) >= 11 is 3.37. The van der Waals surface area contributed by atoms with Gasteiger partial charge in [-0.25, -0.2) is 4.98 Å². The Morgan fingerprint density at radius 2 is 1.75 bits per heavy atom. The Morgan fingerprint density at radius 1 is 1.00 bits per heavy atom. The molecule has 0 spiro atoms. The molecule has 0 aliphatic heterocycles. The average Bonchev–Trinajstić information content (AvgIpc) is 3.43. The number of ether oxygens (including phenoxy) is 3. The van der Waals surface area contributed by atoms with E-state index >= 15 is 0 Å². The fourth-order valence-electron chi connectivity index (χ4n) is 3.30. The van der Waals surface area contributed by atoms with E-state index < -0.39 is 0 Å². The van der Waals surface area contributed by atoms with Crippen molar-refractivity contribution in [2.24, 2.45) is 0 Å². The molecule has 32 heavy (non-hydrogen) atoms. The van der Waals surface area contributed by atoms with Crippen molar-refractivity contribution in [3.63, 3.8) is 0 Å². The van der Waals surface area contributed by atoms with Crippen LogP contribution >= 0.6 is 23.1 Å². The lowest BCUT2D eigenvalue weighted by atomic mass is 10.1. The minimum Gasteiger partial charge on any atom is -0.488 e. The summed E-state index contributed by atoms with van der Waals surface area (Å²) in [5.74, 6) is 2.21. The smallest absolute Gasteiger partial charge is 0.139 e. The number of rotatable bonds is 9. The summed E-state index contributed by atoms with van der Waals surface area (Å²) in [5.41, 5.74) is 2.94. The van der Waals surface area contributed by atoms with Crippen LogP contribution in [-0.2, 0) is 4.74 Å². The minimum absolute atomic E-state index is 0.0820. The lowest BCUT2D eigenvalue weighted by molar-refractivity contribution is 0.0920. The van der Waals surface area contributed by atoms with Crippen LogP contribution in [0.1, 0.15) is 11.8 Å². The van der Waals surface area contributed by atoms with Crippen LogP contribution in [0.3, 0.4) is 0 Å². The first-order valence-corrected chi connectivity index (χ1v) is 12.3. The van der Waals surface area contributed by atoms with Gasteiger partial charge in [-0.2, -0.15) is 0 Å². The Kier molecular flexibility index (Phi) is 7.19. The van der Waals surface area contributed by atoms with Crippen molar-refractivity contribution in [1.82, 2.24) is 9.97 Å². The second-order valence-electron chi connectivity index (χ2n) is 7.42. The van der Waals surface area contributed by atoms with Crippen LogP contribution < -0.4 is 9.47 Å². The first-order chi connectivity index (χ1) is 15.5. The maximum absolute atomic E-state index is 6.17. The number of thioether (sulfide) groups is 1. The maximum atomic E-state index is 6.17. The zero-order valence-electron chi connectivity index (χ0n) is 18.5. The van der Waals surface area contributed by atoms with Crippen LogP contribution in [0.2, 0.25) is 0 Å². The van der Waals surface area contributed by atoms with Crippen molar-refractivity contribution in [2.45, 2.75) is 24.8 Å². The number of nitrogens with zero attached hydrogens (tertiary/aromatic N) is 1. The van der Waals surface area contributed by atoms with E-state index in [0.29, 0.717) is 12.4 Å². The second-order valence-corrected chi connectivity index (χ2v) is 9.53. The van der Waals surface area contributed by atoms with E-state index in [2.05, 4.69) is 47.4 Å². The molecule has 0 saturated heterocycles. The first-order valence-electron chi connectivity index (χ1n) is 10.3. The third-order valence-corrected chi connectivity index (χ3v) is 6.45. The molecule has 0 amide bonds. The van der Waals surface area contributed by atoms with Crippen LogP contribution in [-0.4, -0.2) is 36.0 Å². The van der Waals surface area contributed by atoms with Crippen LogP contribution in [0.5, 0.6) is 17.2 Å². The van der Waals surface area contributed by atoms with Gasteiger partial charge in [0.15, 0.2) is 0 Å². The fraction of sp³-hybridized carbons (Fsp3) is 0.240. The van der Waals surface area contributed by atoms with Gasteiger partial charge in [-0.3, -0.25) is 0 Å². The predicted octanol–water partition coefficient (Wildman–Crippen LogP) is 7.04. The van der Waals surface area contributed by atoms with Gasteiger partial charge in [-0.05, 0) is 68.6 Å². The molecule has 0 aliphatic carbocycles. The standard InChI is InChI=1S/C25H26N2O3S2/c1-16(15-28-3)29-20-11-18(23-9-10-24(27-23)25-26-14-17(2)32-25)12-21(13-20)30-19-5-7-22(31-4)8-6-19/h5-14,16,27H,15H2,1-4H3. The summed E-state index contributed by atoms with van der Waals surface area (Å²) in [6, 6.07) is 18.1. The third-order valence-electron chi connectivity index (χ3n) is 4.76. The zero-order chi connectivity index (χ0) is 22.5. The quantitative estimate of drug-likeness (QED) is 0.268. The predicted molar refractivity (Wildman–Crippen MR) is 132 cm³/mol. The highest BCUT2D eigenvalue weighted by Crippen LogP contribution is 2.34. The molecule has 2 aromatic carbocycles. The number of hydrogen-bond donors (Lipinski definition) is 1. The van der Waals surface area contributed by atoms with E-state index in [1.165, 1.54) is 9.77 Å². The van der Waals surface area contributed by atoms with Crippen molar-refractivity contribution in [3.05, 3.63) is 65.7 Å². The molecular weight excluding hydrogens is 440 g/mol. The topological polar surface area (TPSA) is 56.4 Å². The van der Waals surface area contributed by atoms with E-state index in [1.807, 2.05) is 43.5 Å². The van der Waals surface area contributed by atoms with Crippen molar-refractivity contribution < 1.29 is 14.2 Å². The number of aromatic amines is 1. The van der Waals surface area contributed by atoms with Crippen LogP contribution in [0, 0.1) is 6.92 Å². The summed E-state index contributed by atoms with van der Waals surface area (Å²) < 4.78 is 17.5. The highest BCUT2D eigenvalue weighted by Gasteiger charge is 2.12. The monoisotopic (exact) mass is 466 g/mol. The van der Waals surface area contributed by atoms with Gasteiger partial charge in [0.05, 0.1) is 12.3 Å². The second kappa shape index (κ2) is 10.3. The molecule has 2 heterocycles. The average molecular weight is 467 g/mol. The Morgan fingerprint density at radius 3 is 2.44 bits per heavy atom. The van der Waals surface area contributed by atoms with E-state index in [4.69, 9.17) is 14.2 Å². The van der Waals surface area contributed by atoms with Crippen molar-refractivity contribution in [3.8, 4) is 39.2 Å². The Labute approximate surface area is 196 Å². The number of aryl methyl sites for hydroxylation is 1. The van der Waals surface area contributed by atoms with E-state index in [9.17, 15) is 0 Å². The van der Waals surface area contributed by atoms with Gasteiger partial charge in [-0.15, -0.1) is 23.1 Å². The molecule has 0 aliphatic rings.